The van der Waals surface area contributed by atoms with Crippen molar-refractivity contribution in [2.75, 3.05) is 19.6 Å². The molecule has 2 aromatic heterocycles. The summed E-state index contributed by atoms with van der Waals surface area (Å²) in [4.78, 5) is 50.1. The standard InChI is InChI=1S/C19H19ClN6O7S2/c1-11-8-26(18(31)22-16(11)30)9-14(27)25(10-15(28)29)7-6-21-35(32,33)19-24-23-17(34-19)12-2-4-13(20)5-3-12/h2-5,8,21H,6-7,9-10H2,1H3,(H,28,29)(H,22,30,31). The number of hydrogen-bond acceptors (Lipinski definition) is 9. The maximum atomic E-state index is 12.6. The summed E-state index contributed by atoms with van der Waals surface area (Å²) in [6.07, 6.45) is 1.18. The highest BCUT2D eigenvalue weighted by atomic mass is 35.5. The number of nitrogens with zero attached hydrogens (tertiary/aromatic N) is 4. The molecule has 0 aliphatic rings. The molecule has 3 aromatic rings. The Morgan fingerprint density at radius 3 is 2.57 bits per heavy atom. The molecule has 0 saturated heterocycles. The van der Waals surface area contributed by atoms with Crippen LogP contribution in [0.5, 0.6) is 0 Å². The number of aromatic nitrogens is 4. The summed E-state index contributed by atoms with van der Waals surface area (Å²) >= 11 is 6.67. The Bertz CT molecular complexity index is 1460. The van der Waals surface area contributed by atoms with Crippen molar-refractivity contribution in [2.45, 2.75) is 17.8 Å². The number of nitrogens with one attached hydrogen (secondary N) is 2. The smallest absolute Gasteiger partial charge is 0.328 e. The Hall–Kier alpha value is -3.40. The van der Waals surface area contributed by atoms with Gasteiger partial charge in [0.25, 0.3) is 15.6 Å². The molecule has 1 amide bonds. The second-order valence-electron chi connectivity index (χ2n) is 7.19. The summed E-state index contributed by atoms with van der Waals surface area (Å²) in [7, 11) is -4.09. The lowest BCUT2D eigenvalue weighted by Crippen LogP contribution is -2.44. The topological polar surface area (TPSA) is 184 Å². The highest BCUT2D eigenvalue weighted by Gasteiger charge is 2.23. The van der Waals surface area contributed by atoms with E-state index in [1.165, 1.54) is 13.1 Å². The van der Waals surface area contributed by atoms with Crippen molar-refractivity contribution in [3.63, 3.8) is 0 Å². The quantitative estimate of drug-likeness (QED) is 0.315. The van der Waals surface area contributed by atoms with Gasteiger partial charge in [-0.2, -0.15) is 0 Å². The molecule has 0 radical (unpaired) electrons. The minimum absolute atomic E-state index is 0.185. The highest BCUT2D eigenvalue weighted by molar-refractivity contribution is 7.91. The van der Waals surface area contributed by atoms with E-state index >= 15 is 0 Å². The maximum Gasteiger partial charge on any atom is 0.328 e. The van der Waals surface area contributed by atoms with Gasteiger partial charge < -0.3 is 10.0 Å². The molecule has 0 atom stereocenters. The van der Waals surface area contributed by atoms with Crippen LogP contribution in [0.1, 0.15) is 5.56 Å². The molecule has 35 heavy (non-hydrogen) atoms. The van der Waals surface area contributed by atoms with Crippen LogP contribution in [0.4, 0.5) is 0 Å². The zero-order chi connectivity index (χ0) is 25.8. The van der Waals surface area contributed by atoms with Crippen molar-refractivity contribution in [3.8, 4) is 10.6 Å². The van der Waals surface area contributed by atoms with E-state index in [1.54, 1.807) is 24.3 Å². The number of aliphatic carboxylic acids is 1. The number of aromatic amines is 1. The summed E-state index contributed by atoms with van der Waals surface area (Å²) in [6.45, 7) is -0.454. The van der Waals surface area contributed by atoms with Crippen molar-refractivity contribution in [1.29, 1.82) is 0 Å². The van der Waals surface area contributed by atoms with Crippen molar-refractivity contribution in [1.82, 2.24) is 29.4 Å². The van der Waals surface area contributed by atoms with E-state index in [0.717, 1.165) is 20.8 Å². The van der Waals surface area contributed by atoms with Gasteiger partial charge in [-0.1, -0.05) is 35.1 Å². The number of H-pyrrole nitrogens is 1. The molecule has 3 N–H and O–H groups in total. The summed E-state index contributed by atoms with van der Waals surface area (Å²) in [5, 5.41) is 17.5. The number of carbonyl (C=O) groups excluding carboxylic acids is 1. The zero-order valence-electron chi connectivity index (χ0n) is 18.1. The molecular weight excluding hydrogens is 524 g/mol. The van der Waals surface area contributed by atoms with Crippen LogP contribution < -0.4 is 16.0 Å². The van der Waals surface area contributed by atoms with Crippen LogP contribution >= 0.6 is 22.9 Å². The number of carboxylic acids is 1. The van der Waals surface area contributed by atoms with Crippen molar-refractivity contribution >= 4 is 44.8 Å². The van der Waals surface area contributed by atoms with Gasteiger partial charge in [0, 0.05) is 35.4 Å². The van der Waals surface area contributed by atoms with Crippen LogP contribution in [-0.2, 0) is 26.2 Å². The van der Waals surface area contributed by atoms with E-state index in [2.05, 4.69) is 14.9 Å². The summed E-state index contributed by atoms with van der Waals surface area (Å²) in [5.41, 5.74) is -0.631. The summed E-state index contributed by atoms with van der Waals surface area (Å²) < 4.78 is 28.0. The summed E-state index contributed by atoms with van der Waals surface area (Å²) in [6, 6.07) is 6.58. The number of sulfonamides is 1. The van der Waals surface area contributed by atoms with E-state index in [4.69, 9.17) is 16.7 Å². The molecule has 0 spiro atoms. The molecule has 1 aromatic carbocycles. The van der Waals surface area contributed by atoms with E-state index in [1.807, 2.05) is 4.98 Å². The third-order valence-corrected chi connectivity index (χ3v) is 7.63. The average Bonchev–Trinajstić information content (AvgIpc) is 3.28. The molecule has 186 valence electrons. The van der Waals surface area contributed by atoms with Gasteiger partial charge in [0.05, 0.1) is 0 Å². The number of amides is 1. The molecular formula is C19H19ClN6O7S2. The Morgan fingerprint density at radius 2 is 1.91 bits per heavy atom. The Labute approximate surface area is 207 Å². The predicted molar refractivity (Wildman–Crippen MR) is 126 cm³/mol. The van der Waals surface area contributed by atoms with Gasteiger partial charge in [0.15, 0.2) is 0 Å². The number of benzene rings is 1. The third kappa shape index (κ3) is 6.82. The predicted octanol–water partition coefficient (Wildman–Crippen LogP) is -0.0914. The molecule has 13 nitrogen and oxygen atoms in total. The van der Waals surface area contributed by atoms with Crippen molar-refractivity contribution in [3.05, 3.63) is 61.9 Å². The Balaban J connectivity index is 1.67. The lowest BCUT2D eigenvalue weighted by Gasteiger charge is -2.21. The zero-order valence-corrected chi connectivity index (χ0v) is 20.5. The van der Waals surface area contributed by atoms with Gasteiger partial charge in [-0.15, -0.1) is 10.2 Å². The normalized spacial score (nSPS) is 11.4. The first-order chi connectivity index (χ1) is 16.5. The minimum Gasteiger partial charge on any atom is -0.480 e. The Morgan fingerprint density at radius 1 is 1.23 bits per heavy atom. The van der Waals surface area contributed by atoms with E-state index in [0.29, 0.717) is 15.6 Å². The fourth-order valence-electron chi connectivity index (χ4n) is 2.84. The number of hydrogen-bond donors (Lipinski definition) is 3. The third-order valence-electron chi connectivity index (χ3n) is 4.57. The van der Waals surface area contributed by atoms with Gasteiger partial charge in [0.2, 0.25) is 10.2 Å². The molecule has 2 heterocycles. The van der Waals surface area contributed by atoms with Crippen LogP contribution in [0.15, 0.2) is 44.4 Å². The van der Waals surface area contributed by atoms with E-state index in [9.17, 15) is 27.6 Å². The fourth-order valence-corrected chi connectivity index (χ4v) is 5.03. The molecule has 16 heteroatoms. The van der Waals surface area contributed by atoms with Crippen LogP contribution in [0.3, 0.4) is 0 Å². The van der Waals surface area contributed by atoms with Crippen LogP contribution in [0.25, 0.3) is 10.6 Å². The van der Waals surface area contributed by atoms with Gasteiger partial charge in [-0.3, -0.25) is 23.9 Å². The summed E-state index contributed by atoms with van der Waals surface area (Å²) in [5.74, 6) is -2.09. The second-order valence-corrected chi connectivity index (χ2v) is 10.5. The number of carbonyl (C=O) groups is 2. The van der Waals surface area contributed by atoms with E-state index in [-0.39, 0.29) is 23.0 Å². The maximum absolute atomic E-state index is 12.6. The monoisotopic (exact) mass is 542 g/mol. The lowest BCUT2D eigenvalue weighted by molar-refractivity contribution is -0.144. The molecule has 0 unspecified atom stereocenters. The SMILES string of the molecule is Cc1cn(CC(=O)N(CCNS(=O)(=O)c2nnc(-c3ccc(Cl)cc3)s2)CC(=O)O)c(=O)[nH]c1=O. The molecule has 0 fully saturated rings. The van der Waals surface area contributed by atoms with Gasteiger partial charge in [0.1, 0.15) is 18.1 Å². The number of rotatable bonds is 10. The largest absolute Gasteiger partial charge is 0.480 e. The van der Waals surface area contributed by atoms with Crippen molar-refractivity contribution < 1.29 is 23.1 Å². The first-order valence-electron chi connectivity index (χ1n) is 9.85. The first kappa shape index (κ1) is 26.2. The van der Waals surface area contributed by atoms with Gasteiger partial charge in [-0.05, 0) is 19.1 Å². The van der Waals surface area contributed by atoms with Crippen LogP contribution in [-0.4, -0.2) is 69.7 Å². The average molecular weight is 543 g/mol. The molecule has 0 aliphatic heterocycles. The number of carboxylic acid groups (broad SMARTS) is 1. The highest BCUT2D eigenvalue weighted by Crippen LogP contribution is 2.26. The second kappa shape index (κ2) is 10.9. The fraction of sp³-hybridized carbons (Fsp3) is 0.263. The number of aryl methyl sites for hydroxylation is 1. The van der Waals surface area contributed by atoms with Crippen LogP contribution in [0.2, 0.25) is 5.02 Å². The first-order valence-corrected chi connectivity index (χ1v) is 12.5. The number of halogens is 1. The van der Waals surface area contributed by atoms with Gasteiger partial charge >= 0.3 is 11.7 Å². The van der Waals surface area contributed by atoms with Gasteiger partial charge in [-0.25, -0.2) is 17.9 Å². The lowest BCUT2D eigenvalue weighted by atomic mass is 10.2. The van der Waals surface area contributed by atoms with E-state index < -0.39 is 46.2 Å². The Kier molecular flexibility index (Phi) is 8.16. The minimum atomic E-state index is -4.09. The molecule has 0 saturated carbocycles. The molecule has 0 aliphatic carbocycles. The van der Waals surface area contributed by atoms with Crippen LogP contribution in [0, 0.1) is 6.92 Å². The molecule has 3 rings (SSSR count). The van der Waals surface area contributed by atoms with Crippen molar-refractivity contribution in [2.24, 2.45) is 0 Å². The molecule has 0 bridgehead atoms.